The zero-order valence-electron chi connectivity index (χ0n) is 12.8. The van der Waals surface area contributed by atoms with Crippen LogP contribution in [0.5, 0.6) is 0 Å². The third-order valence-corrected chi connectivity index (χ3v) is 5.95. The van der Waals surface area contributed by atoms with E-state index in [0.29, 0.717) is 11.6 Å². The molecule has 0 aromatic heterocycles. The molecule has 7 heteroatoms. The molecule has 22 heavy (non-hydrogen) atoms. The molecule has 2 amide bonds. The molecule has 1 heterocycles. The number of rotatable bonds is 4. The van der Waals surface area contributed by atoms with Gasteiger partial charge in [-0.25, -0.2) is 13.2 Å². The van der Waals surface area contributed by atoms with Crippen LogP contribution in [0.3, 0.4) is 0 Å². The summed E-state index contributed by atoms with van der Waals surface area (Å²) in [4.78, 5) is 14.1. The van der Waals surface area contributed by atoms with Crippen LogP contribution in [0.25, 0.3) is 0 Å². The second-order valence-corrected chi connectivity index (χ2v) is 8.62. The van der Waals surface area contributed by atoms with Crippen molar-refractivity contribution < 1.29 is 13.2 Å². The smallest absolute Gasteiger partial charge is 0.317 e. The Bertz CT molecular complexity index is 641. The van der Waals surface area contributed by atoms with Crippen LogP contribution in [0.1, 0.15) is 26.7 Å². The summed E-state index contributed by atoms with van der Waals surface area (Å²) in [5, 5.41) is 3.19. The van der Waals surface area contributed by atoms with Crippen molar-refractivity contribution in [2.75, 3.05) is 18.8 Å². The van der Waals surface area contributed by atoms with Gasteiger partial charge in [0.05, 0.1) is 10.6 Å². The average Bonchev–Trinajstić information content (AvgIpc) is 2.78. The van der Waals surface area contributed by atoms with Crippen molar-refractivity contribution in [2.24, 2.45) is 0 Å². The van der Waals surface area contributed by atoms with Crippen LogP contribution < -0.4 is 5.32 Å². The van der Waals surface area contributed by atoms with Gasteiger partial charge in [0.25, 0.3) is 0 Å². The fraction of sp³-hybridized carbons (Fsp3) is 0.533. The largest absolute Gasteiger partial charge is 0.337 e. The van der Waals surface area contributed by atoms with E-state index in [4.69, 9.17) is 11.6 Å². The lowest BCUT2D eigenvalue weighted by Crippen LogP contribution is -2.48. The van der Waals surface area contributed by atoms with Gasteiger partial charge >= 0.3 is 6.03 Å². The Morgan fingerprint density at radius 1 is 1.32 bits per heavy atom. The molecule has 0 spiro atoms. The third-order valence-electron chi connectivity index (χ3n) is 3.97. The second kappa shape index (κ2) is 6.46. The summed E-state index contributed by atoms with van der Waals surface area (Å²) in [5.74, 6) is -0.130. The van der Waals surface area contributed by atoms with Gasteiger partial charge in [0.1, 0.15) is 0 Å². The lowest BCUT2D eigenvalue weighted by molar-refractivity contribution is 0.166. The predicted molar refractivity (Wildman–Crippen MR) is 86.9 cm³/mol. The van der Waals surface area contributed by atoms with Crippen LogP contribution in [-0.4, -0.2) is 43.7 Å². The summed E-state index contributed by atoms with van der Waals surface area (Å²) in [7, 11) is -3.42. The number of sulfone groups is 1. The van der Waals surface area contributed by atoms with Crippen molar-refractivity contribution in [3.8, 4) is 0 Å². The van der Waals surface area contributed by atoms with Crippen LogP contribution >= 0.6 is 11.6 Å². The van der Waals surface area contributed by atoms with Gasteiger partial charge in [-0.1, -0.05) is 11.6 Å². The number of nitrogens with one attached hydrogen (secondary N) is 1. The maximum atomic E-state index is 12.2. The molecule has 1 aliphatic heterocycles. The zero-order valence-corrected chi connectivity index (χ0v) is 14.4. The average molecular weight is 345 g/mol. The molecule has 0 bridgehead atoms. The van der Waals surface area contributed by atoms with E-state index in [1.165, 1.54) is 12.1 Å². The standard InChI is InChI=1S/C15H21ClN2O3S/c1-15(2)8-3-10-18(15)14(19)17-9-11-22(20,21)13-6-4-12(16)5-7-13/h4-7H,3,8-11H2,1-2H3,(H,17,19). The van der Waals surface area contributed by atoms with Gasteiger partial charge in [0.2, 0.25) is 0 Å². The van der Waals surface area contributed by atoms with E-state index < -0.39 is 9.84 Å². The molecule has 2 rings (SSSR count). The lowest BCUT2D eigenvalue weighted by Gasteiger charge is -2.31. The van der Waals surface area contributed by atoms with Gasteiger partial charge in [-0.3, -0.25) is 0 Å². The summed E-state index contributed by atoms with van der Waals surface area (Å²) in [6.45, 7) is 4.84. The van der Waals surface area contributed by atoms with E-state index >= 15 is 0 Å². The first-order valence-corrected chi connectivity index (χ1v) is 9.29. The Morgan fingerprint density at radius 3 is 2.50 bits per heavy atom. The van der Waals surface area contributed by atoms with Crippen molar-refractivity contribution in [3.63, 3.8) is 0 Å². The Hall–Kier alpha value is -1.27. The quantitative estimate of drug-likeness (QED) is 0.913. The van der Waals surface area contributed by atoms with E-state index in [0.717, 1.165) is 12.8 Å². The number of amides is 2. The molecule has 0 radical (unpaired) electrons. The maximum Gasteiger partial charge on any atom is 0.317 e. The number of carbonyl (C=O) groups is 1. The number of likely N-dealkylation sites (tertiary alicyclic amines) is 1. The predicted octanol–water partition coefficient (Wildman–Crippen LogP) is 2.70. The van der Waals surface area contributed by atoms with Crippen LogP contribution in [0.4, 0.5) is 4.79 Å². The van der Waals surface area contributed by atoms with E-state index in [9.17, 15) is 13.2 Å². The first-order chi connectivity index (χ1) is 10.2. The molecule has 1 N–H and O–H groups in total. The number of nitrogens with zero attached hydrogens (tertiary/aromatic N) is 1. The van der Waals surface area contributed by atoms with Crippen molar-refractivity contribution >= 4 is 27.5 Å². The van der Waals surface area contributed by atoms with Gasteiger partial charge in [0, 0.05) is 23.7 Å². The number of halogens is 1. The summed E-state index contributed by atoms with van der Waals surface area (Å²) in [6, 6.07) is 5.83. The molecular formula is C15H21ClN2O3S. The minimum Gasteiger partial charge on any atom is -0.337 e. The number of hydrogen-bond donors (Lipinski definition) is 1. The SMILES string of the molecule is CC1(C)CCCN1C(=O)NCCS(=O)(=O)c1ccc(Cl)cc1. The van der Waals surface area contributed by atoms with Crippen molar-refractivity contribution in [3.05, 3.63) is 29.3 Å². The Morgan fingerprint density at radius 2 is 1.95 bits per heavy atom. The summed E-state index contributed by atoms with van der Waals surface area (Å²) < 4.78 is 24.3. The number of hydrogen-bond acceptors (Lipinski definition) is 3. The van der Waals surface area contributed by atoms with Crippen LogP contribution in [0, 0.1) is 0 Å². The molecule has 122 valence electrons. The minimum atomic E-state index is -3.42. The normalized spacial score (nSPS) is 17.5. The number of benzene rings is 1. The monoisotopic (exact) mass is 344 g/mol. The number of carbonyl (C=O) groups excluding carboxylic acids is 1. The molecule has 1 aromatic rings. The van der Waals surface area contributed by atoms with Gasteiger partial charge in [-0.05, 0) is 51.0 Å². The lowest BCUT2D eigenvalue weighted by atomic mass is 10.0. The molecule has 0 aliphatic carbocycles. The van der Waals surface area contributed by atoms with E-state index in [-0.39, 0.29) is 28.8 Å². The highest BCUT2D eigenvalue weighted by Gasteiger charge is 2.35. The van der Waals surface area contributed by atoms with Gasteiger partial charge in [-0.15, -0.1) is 0 Å². The fourth-order valence-electron chi connectivity index (χ4n) is 2.63. The van der Waals surface area contributed by atoms with Crippen molar-refractivity contribution in [1.82, 2.24) is 10.2 Å². The third kappa shape index (κ3) is 3.93. The molecule has 1 fully saturated rings. The van der Waals surface area contributed by atoms with E-state index in [1.54, 1.807) is 17.0 Å². The van der Waals surface area contributed by atoms with Gasteiger partial charge in [0.15, 0.2) is 9.84 Å². The Balaban J connectivity index is 1.90. The molecule has 0 unspecified atom stereocenters. The van der Waals surface area contributed by atoms with Crippen LogP contribution in [-0.2, 0) is 9.84 Å². The van der Waals surface area contributed by atoms with Gasteiger partial charge < -0.3 is 10.2 Å². The van der Waals surface area contributed by atoms with Crippen molar-refractivity contribution in [1.29, 1.82) is 0 Å². The summed E-state index contributed by atoms with van der Waals surface area (Å²) in [5.41, 5.74) is -0.168. The summed E-state index contributed by atoms with van der Waals surface area (Å²) in [6.07, 6.45) is 1.94. The molecule has 0 atom stereocenters. The Labute approximate surface area is 136 Å². The molecule has 1 saturated heterocycles. The molecular weight excluding hydrogens is 324 g/mol. The molecule has 1 aromatic carbocycles. The van der Waals surface area contributed by atoms with Crippen LogP contribution in [0.15, 0.2) is 29.2 Å². The fourth-order valence-corrected chi connectivity index (χ4v) is 3.91. The topological polar surface area (TPSA) is 66.5 Å². The summed E-state index contributed by atoms with van der Waals surface area (Å²) >= 11 is 5.75. The van der Waals surface area contributed by atoms with Crippen LogP contribution in [0.2, 0.25) is 5.02 Å². The highest BCUT2D eigenvalue weighted by Crippen LogP contribution is 2.27. The van der Waals surface area contributed by atoms with Crippen molar-refractivity contribution in [2.45, 2.75) is 37.1 Å². The van der Waals surface area contributed by atoms with E-state index in [1.807, 2.05) is 13.8 Å². The number of urea groups is 1. The highest BCUT2D eigenvalue weighted by atomic mass is 35.5. The first-order valence-electron chi connectivity index (χ1n) is 7.26. The molecule has 5 nitrogen and oxygen atoms in total. The Kier molecular flexibility index (Phi) is 5.02. The van der Waals surface area contributed by atoms with Gasteiger partial charge in [-0.2, -0.15) is 0 Å². The molecule has 1 aliphatic rings. The first kappa shape index (κ1) is 17.1. The minimum absolute atomic E-state index is 0.0936. The molecule has 0 saturated carbocycles. The zero-order chi connectivity index (χ0) is 16.4. The highest BCUT2D eigenvalue weighted by molar-refractivity contribution is 7.91. The second-order valence-electron chi connectivity index (χ2n) is 6.07. The van der Waals surface area contributed by atoms with E-state index in [2.05, 4.69) is 5.32 Å². The maximum absolute atomic E-state index is 12.2.